The summed E-state index contributed by atoms with van der Waals surface area (Å²) in [5.74, 6) is 0.493. The van der Waals surface area contributed by atoms with E-state index in [4.69, 9.17) is 0 Å². The van der Waals surface area contributed by atoms with Gasteiger partial charge in [-0.25, -0.2) is 13.2 Å². The predicted molar refractivity (Wildman–Crippen MR) is 87.7 cm³/mol. The standard InChI is InChI=1S/C16H24N2O3S/c1-13(15-6-4-3-5-7-15)8-9-17-16(19)18-10-11-22(20,21)12-14(18)2/h3-7,13-14H,8-12H2,1-2H3,(H,17,19)/t13-,14-/m0/s1. The van der Waals surface area contributed by atoms with Gasteiger partial charge in [0.25, 0.3) is 0 Å². The average molecular weight is 324 g/mol. The number of hydrogen-bond donors (Lipinski definition) is 1. The summed E-state index contributed by atoms with van der Waals surface area (Å²) in [5, 5.41) is 2.90. The van der Waals surface area contributed by atoms with Crippen molar-refractivity contribution in [3.05, 3.63) is 35.9 Å². The molecule has 1 saturated heterocycles. The van der Waals surface area contributed by atoms with Crippen LogP contribution < -0.4 is 5.32 Å². The number of sulfone groups is 1. The first kappa shape index (κ1) is 16.8. The Kier molecular flexibility index (Phi) is 5.45. The third-order valence-corrected chi connectivity index (χ3v) is 5.95. The van der Waals surface area contributed by atoms with E-state index in [1.54, 1.807) is 11.8 Å². The van der Waals surface area contributed by atoms with Crippen LogP contribution in [-0.2, 0) is 9.84 Å². The van der Waals surface area contributed by atoms with E-state index in [9.17, 15) is 13.2 Å². The van der Waals surface area contributed by atoms with Crippen molar-refractivity contribution in [2.75, 3.05) is 24.6 Å². The molecular weight excluding hydrogens is 300 g/mol. The number of nitrogens with zero attached hydrogens (tertiary/aromatic N) is 1. The molecule has 2 amide bonds. The van der Waals surface area contributed by atoms with E-state index in [1.165, 1.54) is 5.56 Å². The maximum absolute atomic E-state index is 12.2. The lowest BCUT2D eigenvalue weighted by molar-refractivity contribution is 0.185. The largest absolute Gasteiger partial charge is 0.338 e. The van der Waals surface area contributed by atoms with Gasteiger partial charge >= 0.3 is 6.03 Å². The van der Waals surface area contributed by atoms with Gasteiger partial charge in [0.15, 0.2) is 9.84 Å². The lowest BCUT2D eigenvalue weighted by Crippen LogP contribution is -2.53. The Labute approximate surface area is 132 Å². The van der Waals surface area contributed by atoms with Gasteiger partial charge < -0.3 is 10.2 Å². The van der Waals surface area contributed by atoms with E-state index < -0.39 is 9.84 Å². The second kappa shape index (κ2) is 7.13. The molecule has 122 valence electrons. The first-order chi connectivity index (χ1) is 10.4. The Balaban J connectivity index is 1.79. The highest BCUT2D eigenvalue weighted by atomic mass is 32.2. The monoisotopic (exact) mass is 324 g/mol. The summed E-state index contributed by atoms with van der Waals surface area (Å²) >= 11 is 0. The summed E-state index contributed by atoms with van der Waals surface area (Å²) in [4.78, 5) is 13.8. The number of hydrogen-bond acceptors (Lipinski definition) is 3. The predicted octanol–water partition coefficient (Wildman–Crippen LogP) is 2.01. The Bertz CT molecular complexity index is 601. The lowest BCUT2D eigenvalue weighted by atomic mass is 9.98. The van der Waals surface area contributed by atoms with Crippen LogP contribution in [0.25, 0.3) is 0 Å². The smallest absolute Gasteiger partial charge is 0.317 e. The molecule has 0 bridgehead atoms. The Morgan fingerprint density at radius 2 is 2.05 bits per heavy atom. The number of carbonyl (C=O) groups excluding carboxylic acids is 1. The first-order valence-corrected chi connectivity index (χ1v) is 9.51. The molecule has 22 heavy (non-hydrogen) atoms. The topological polar surface area (TPSA) is 66.5 Å². The molecule has 0 saturated carbocycles. The minimum Gasteiger partial charge on any atom is -0.338 e. The molecule has 0 aliphatic carbocycles. The highest BCUT2D eigenvalue weighted by Gasteiger charge is 2.30. The molecule has 2 rings (SSSR count). The zero-order valence-corrected chi connectivity index (χ0v) is 14.0. The summed E-state index contributed by atoms with van der Waals surface area (Å²) in [7, 11) is -2.99. The highest BCUT2D eigenvalue weighted by molar-refractivity contribution is 7.91. The van der Waals surface area contributed by atoms with Crippen molar-refractivity contribution in [2.24, 2.45) is 0 Å². The van der Waals surface area contributed by atoms with Gasteiger partial charge in [0.1, 0.15) is 0 Å². The summed E-state index contributed by atoms with van der Waals surface area (Å²) in [6.07, 6.45) is 0.857. The molecule has 1 aromatic carbocycles. The minimum atomic E-state index is -2.99. The number of amides is 2. The molecule has 1 aliphatic heterocycles. The number of nitrogens with one attached hydrogen (secondary N) is 1. The summed E-state index contributed by atoms with van der Waals surface area (Å²) < 4.78 is 23.1. The summed E-state index contributed by atoms with van der Waals surface area (Å²) in [6.45, 7) is 4.79. The SMILES string of the molecule is C[C@@H](CCNC(=O)N1CCS(=O)(=O)C[C@@H]1C)c1ccccc1. The molecule has 1 aliphatic rings. The van der Waals surface area contributed by atoms with Gasteiger partial charge in [-0.3, -0.25) is 0 Å². The Hall–Kier alpha value is -1.56. The molecule has 1 N–H and O–H groups in total. The molecule has 1 aromatic rings. The molecule has 1 heterocycles. The quantitative estimate of drug-likeness (QED) is 0.921. The van der Waals surface area contributed by atoms with Crippen LogP contribution in [0.5, 0.6) is 0 Å². The molecule has 0 radical (unpaired) electrons. The van der Waals surface area contributed by atoms with Crippen LogP contribution in [0.15, 0.2) is 30.3 Å². The first-order valence-electron chi connectivity index (χ1n) is 7.69. The fourth-order valence-electron chi connectivity index (χ4n) is 2.75. The van der Waals surface area contributed by atoms with Gasteiger partial charge in [-0.1, -0.05) is 37.3 Å². The van der Waals surface area contributed by atoms with Crippen LogP contribution in [-0.4, -0.2) is 50.0 Å². The van der Waals surface area contributed by atoms with Crippen LogP contribution in [0.3, 0.4) is 0 Å². The fraction of sp³-hybridized carbons (Fsp3) is 0.562. The molecule has 0 spiro atoms. The van der Waals surface area contributed by atoms with Crippen LogP contribution in [0, 0.1) is 0 Å². The number of benzene rings is 1. The highest BCUT2D eigenvalue weighted by Crippen LogP contribution is 2.17. The van der Waals surface area contributed by atoms with E-state index in [0.29, 0.717) is 12.5 Å². The maximum Gasteiger partial charge on any atom is 0.317 e. The Morgan fingerprint density at radius 1 is 1.36 bits per heavy atom. The minimum absolute atomic E-state index is 0.0564. The molecule has 1 fully saturated rings. The van der Waals surface area contributed by atoms with Crippen LogP contribution in [0.1, 0.15) is 31.7 Å². The molecule has 0 unspecified atom stereocenters. The molecule has 6 heteroatoms. The van der Waals surface area contributed by atoms with Gasteiger partial charge in [-0.2, -0.15) is 0 Å². The zero-order valence-electron chi connectivity index (χ0n) is 13.2. The van der Waals surface area contributed by atoms with Crippen LogP contribution in [0.2, 0.25) is 0 Å². The van der Waals surface area contributed by atoms with E-state index in [1.807, 2.05) is 18.2 Å². The number of urea groups is 1. The lowest BCUT2D eigenvalue weighted by Gasteiger charge is -2.33. The molecule has 0 aromatic heterocycles. The van der Waals surface area contributed by atoms with Gasteiger partial charge in [0.05, 0.1) is 11.5 Å². The number of rotatable bonds is 4. The van der Waals surface area contributed by atoms with Gasteiger partial charge in [-0.05, 0) is 24.8 Å². The van der Waals surface area contributed by atoms with E-state index in [0.717, 1.165) is 6.42 Å². The summed E-state index contributed by atoms with van der Waals surface area (Å²) in [6, 6.07) is 9.77. The third-order valence-electron chi connectivity index (χ3n) is 4.15. The Morgan fingerprint density at radius 3 is 2.68 bits per heavy atom. The molecule has 5 nitrogen and oxygen atoms in total. The fourth-order valence-corrected chi connectivity index (χ4v) is 4.30. The van der Waals surface area contributed by atoms with Crippen molar-refractivity contribution in [1.29, 1.82) is 0 Å². The zero-order chi connectivity index (χ0) is 16.2. The van der Waals surface area contributed by atoms with Gasteiger partial charge in [0, 0.05) is 19.1 Å². The molecule has 2 atom stereocenters. The van der Waals surface area contributed by atoms with Crippen molar-refractivity contribution in [3.63, 3.8) is 0 Å². The van der Waals surface area contributed by atoms with Gasteiger partial charge in [0.2, 0.25) is 0 Å². The van der Waals surface area contributed by atoms with Gasteiger partial charge in [-0.15, -0.1) is 0 Å². The van der Waals surface area contributed by atoms with Crippen molar-refractivity contribution in [3.8, 4) is 0 Å². The second-order valence-electron chi connectivity index (χ2n) is 5.99. The van der Waals surface area contributed by atoms with Crippen LogP contribution >= 0.6 is 0 Å². The normalized spacial score (nSPS) is 22.1. The molecular formula is C16H24N2O3S. The van der Waals surface area contributed by atoms with Crippen molar-refractivity contribution in [2.45, 2.75) is 32.2 Å². The van der Waals surface area contributed by atoms with E-state index in [-0.39, 0.29) is 30.1 Å². The van der Waals surface area contributed by atoms with Crippen molar-refractivity contribution in [1.82, 2.24) is 10.2 Å². The van der Waals surface area contributed by atoms with Crippen LogP contribution in [0.4, 0.5) is 4.79 Å². The van der Waals surface area contributed by atoms with Crippen molar-refractivity contribution < 1.29 is 13.2 Å². The number of carbonyl (C=O) groups is 1. The summed E-state index contributed by atoms with van der Waals surface area (Å²) in [5.41, 5.74) is 1.26. The van der Waals surface area contributed by atoms with E-state index >= 15 is 0 Å². The van der Waals surface area contributed by atoms with Crippen molar-refractivity contribution >= 4 is 15.9 Å². The maximum atomic E-state index is 12.2. The third kappa shape index (κ3) is 4.47. The van der Waals surface area contributed by atoms with E-state index in [2.05, 4.69) is 24.4 Å². The second-order valence-corrected chi connectivity index (χ2v) is 8.22. The average Bonchev–Trinajstić information content (AvgIpc) is 2.47.